The molecule has 0 aliphatic rings. The summed E-state index contributed by atoms with van der Waals surface area (Å²) in [6.07, 6.45) is 0.934. The van der Waals surface area contributed by atoms with Crippen LogP contribution in [0.5, 0.6) is 0 Å². The van der Waals surface area contributed by atoms with Crippen LogP contribution in [0.2, 0.25) is 0 Å². The van der Waals surface area contributed by atoms with Crippen molar-refractivity contribution in [1.29, 1.82) is 0 Å². The minimum absolute atomic E-state index is 0.0210. The highest BCUT2D eigenvalue weighted by Gasteiger charge is 2.17. The molecule has 1 amide bonds. The molecular weight excluding hydrogens is 234 g/mol. The summed E-state index contributed by atoms with van der Waals surface area (Å²) in [6.45, 7) is 3.92. The first-order chi connectivity index (χ1) is 8.10. The summed E-state index contributed by atoms with van der Waals surface area (Å²) in [5.41, 5.74) is 0.667. The van der Waals surface area contributed by atoms with Crippen LogP contribution in [0.15, 0.2) is 11.4 Å². The number of aliphatic hydroxyl groups is 1. The van der Waals surface area contributed by atoms with Gasteiger partial charge >= 0.3 is 0 Å². The average molecular weight is 251 g/mol. The fraction of sp³-hybridized carbons (Fsp3) is 0.462. The Morgan fingerprint density at radius 1 is 1.65 bits per heavy atom. The van der Waals surface area contributed by atoms with Gasteiger partial charge in [-0.1, -0.05) is 18.8 Å². The molecule has 0 bridgehead atoms. The summed E-state index contributed by atoms with van der Waals surface area (Å²) < 4.78 is 0. The third-order valence-corrected chi connectivity index (χ3v) is 3.56. The number of amides is 1. The van der Waals surface area contributed by atoms with Gasteiger partial charge in [-0.25, -0.2) is 0 Å². The molecule has 0 saturated heterocycles. The predicted octanol–water partition coefficient (Wildman–Crippen LogP) is 1.96. The van der Waals surface area contributed by atoms with E-state index in [-0.39, 0.29) is 18.6 Å². The van der Waals surface area contributed by atoms with Gasteiger partial charge in [-0.3, -0.25) is 4.79 Å². The zero-order valence-electron chi connectivity index (χ0n) is 10.4. The second kappa shape index (κ2) is 6.43. The molecule has 1 atom stereocenters. The van der Waals surface area contributed by atoms with Gasteiger partial charge in [0.05, 0.1) is 10.4 Å². The third kappa shape index (κ3) is 3.58. The molecule has 0 spiro atoms. The molecule has 0 aromatic carbocycles. The monoisotopic (exact) mass is 251 g/mol. The molecule has 1 aromatic rings. The van der Waals surface area contributed by atoms with E-state index < -0.39 is 0 Å². The molecule has 1 unspecified atom stereocenters. The van der Waals surface area contributed by atoms with Crippen LogP contribution < -0.4 is 0 Å². The lowest BCUT2D eigenvalue weighted by atomic mass is 10.2. The Morgan fingerprint density at radius 2 is 2.35 bits per heavy atom. The van der Waals surface area contributed by atoms with E-state index in [1.54, 1.807) is 11.0 Å². The first-order valence-electron chi connectivity index (χ1n) is 5.55. The summed E-state index contributed by atoms with van der Waals surface area (Å²) in [5, 5.41) is 10.4. The highest BCUT2D eigenvalue weighted by atomic mass is 32.1. The molecule has 0 aliphatic carbocycles. The molecular formula is C13H17NO2S. The number of thiophene rings is 1. The molecule has 0 radical (unpaired) electrons. The molecule has 92 valence electrons. The lowest BCUT2D eigenvalue weighted by Gasteiger charge is -2.23. The summed E-state index contributed by atoms with van der Waals surface area (Å²) >= 11 is 1.42. The molecule has 3 nitrogen and oxygen atoms in total. The van der Waals surface area contributed by atoms with Crippen LogP contribution in [0, 0.1) is 11.8 Å². The van der Waals surface area contributed by atoms with Gasteiger partial charge in [0.1, 0.15) is 6.61 Å². The Morgan fingerprint density at radius 3 is 2.94 bits per heavy atom. The maximum Gasteiger partial charge on any atom is 0.254 e. The lowest BCUT2D eigenvalue weighted by molar-refractivity contribution is 0.0741. The van der Waals surface area contributed by atoms with Gasteiger partial charge in [0.15, 0.2) is 0 Å². The van der Waals surface area contributed by atoms with E-state index in [2.05, 4.69) is 18.8 Å². The molecule has 4 heteroatoms. The third-order valence-electron chi connectivity index (χ3n) is 2.71. The van der Waals surface area contributed by atoms with Crippen molar-refractivity contribution in [2.75, 3.05) is 13.7 Å². The molecule has 0 saturated carbocycles. The maximum absolute atomic E-state index is 12.1. The van der Waals surface area contributed by atoms with Crippen LogP contribution in [-0.2, 0) is 0 Å². The van der Waals surface area contributed by atoms with E-state index in [1.165, 1.54) is 11.3 Å². The van der Waals surface area contributed by atoms with Gasteiger partial charge in [0.2, 0.25) is 0 Å². The predicted molar refractivity (Wildman–Crippen MR) is 70.1 cm³/mol. The number of rotatable bonds is 3. The van der Waals surface area contributed by atoms with Crippen LogP contribution in [-0.4, -0.2) is 35.6 Å². The van der Waals surface area contributed by atoms with Crippen molar-refractivity contribution in [2.24, 2.45) is 0 Å². The first kappa shape index (κ1) is 13.8. The first-order valence-corrected chi connectivity index (χ1v) is 6.43. The van der Waals surface area contributed by atoms with E-state index in [0.717, 1.165) is 11.3 Å². The van der Waals surface area contributed by atoms with Gasteiger partial charge in [-0.15, -0.1) is 11.3 Å². The van der Waals surface area contributed by atoms with Crippen molar-refractivity contribution in [2.45, 2.75) is 26.3 Å². The van der Waals surface area contributed by atoms with E-state index >= 15 is 0 Å². The van der Waals surface area contributed by atoms with Crippen LogP contribution in [0.1, 0.15) is 35.5 Å². The van der Waals surface area contributed by atoms with Crippen LogP contribution in [0.4, 0.5) is 0 Å². The van der Waals surface area contributed by atoms with Crippen molar-refractivity contribution >= 4 is 17.2 Å². The van der Waals surface area contributed by atoms with Crippen molar-refractivity contribution in [3.8, 4) is 11.8 Å². The van der Waals surface area contributed by atoms with Gasteiger partial charge < -0.3 is 10.0 Å². The summed E-state index contributed by atoms with van der Waals surface area (Å²) in [6, 6.07) is 2.00. The number of carbonyl (C=O) groups is 1. The highest BCUT2D eigenvalue weighted by molar-refractivity contribution is 7.10. The maximum atomic E-state index is 12.1. The van der Waals surface area contributed by atoms with Crippen LogP contribution >= 0.6 is 11.3 Å². The molecule has 1 aromatic heterocycles. The topological polar surface area (TPSA) is 40.5 Å². The Kier molecular flexibility index (Phi) is 5.20. The zero-order valence-corrected chi connectivity index (χ0v) is 11.2. The fourth-order valence-corrected chi connectivity index (χ4v) is 2.07. The van der Waals surface area contributed by atoms with E-state index in [1.807, 2.05) is 19.4 Å². The standard InChI is InChI=1S/C13H17NO2S/c1-4-10(2)14(3)13(16)11-8-12(17-9-11)6-5-7-15/h8-10,15H,4,7H2,1-3H3. The minimum atomic E-state index is -0.159. The van der Waals surface area contributed by atoms with Gasteiger partial charge in [0, 0.05) is 18.5 Å². The Bertz CT molecular complexity index is 442. The SMILES string of the molecule is CCC(C)N(C)C(=O)c1csc(C#CCO)c1. The number of hydrogen-bond acceptors (Lipinski definition) is 3. The number of nitrogens with zero attached hydrogens (tertiary/aromatic N) is 1. The molecule has 0 fully saturated rings. The van der Waals surface area contributed by atoms with Gasteiger partial charge in [0.25, 0.3) is 5.91 Å². The van der Waals surface area contributed by atoms with Crippen molar-refractivity contribution in [1.82, 2.24) is 4.90 Å². The van der Waals surface area contributed by atoms with Gasteiger partial charge in [-0.2, -0.15) is 0 Å². The zero-order chi connectivity index (χ0) is 12.8. The molecule has 1 heterocycles. The number of aliphatic hydroxyl groups excluding tert-OH is 1. The number of carbonyl (C=O) groups excluding carboxylic acids is 1. The summed E-state index contributed by atoms with van der Waals surface area (Å²) in [4.78, 5) is 14.6. The second-order valence-corrected chi connectivity index (χ2v) is 4.74. The molecule has 0 aliphatic heterocycles. The second-order valence-electron chi connectivity index (χ2n) is 3.83. The van der Waals surface area contributed by atoms with Crippen LogP contribution in [0.3, 0.4) is 0 Å². The van der Waals surface area contributed by atoms with Crippen molar-refractivity contribution in [3.63, 3.8) is 0 Å². The van der Waals surface area contributed by atoms with E-state index in [0.29, 0.717) is 5.56 Å². The average Bonchev–Trinajstić information content (AvgIpc) is 2.82. The van der Waals surface area contributed by atoms with E-state index in [4.69, 9.17) is 5.11 Å². The lowest BCUT2D eigenvalue weighted by Crippen LogP contribution is -2.34. The van der Waals surface area contributed by atoms with E-state index in [9.17, 15) is 4.79 Å². The summed E-state index contributed by atoms with van der Waals surface area (Å²) in [7, 11) is 1.81. The number of hydrogen-bond donors (Lipinski definition) is 1. The normalized spacial score (nSPS) is 11.5. The quantitative estimate of drug-likeness (QED) is 0.834. The van der Waals surface area contributed by atoms with Gasteiger partial charge in [-0.05, 0) is 19.4 Å². The molecule has 17 heavy (non-hydrogen) atoms. The Labute approximate surface area is 106 Å². The largest absolute Gasteiger partial charge is 0.384 e. The molecule has 1 rings (SSSR count). The summed E-state index contributed by atoms with van der Waals surface area (Å²) in [5.74, 6) is 5.39. The highest BCUT2D eigenvalue weighted by Crippen LogP contribution is 2.16. The molecule has 1 N–H and O–H groups in total. The van der Waals surface area contributed by atoms with Crippen molar-refractivity contribution < 1.29 is 9.90 Å². The van der Waals surface area contributed by atoms with Crippen LogP contribution in [0.25, 0.3) is 0 Å². The Hall–Kier alpha value is -1.31. The minimum Gasteiger partial charge on any atom is -0.384 e. The van der Waals surface area contributed by atoms with Crippen molar-refractivity contribution in [3.05, 3.63) is 21.9 Å². The smallest absolute Gasteiger partial charge is 0.254 e. The fourth-order valence-electron chi connectivity index (χ4n) is 1.32. The Balaban J connectivity index is 2.79.